The van der Waals surface area contributed by atoms with Crippen LogP contribution in [0.3, 0.4) is 0 Å². The lowest BCUT2D eigenvalue weighted by Crippen LogP contribution is -2.51. The van der Waals surface area contributed by atoms with Crippen molar-refractivity contribution in [2.75, 3.05) is 13.1 Å². The zero-order valence-corrected chi connectivity index (χ0v) is 15.0. The molecule has 3 aliphatic rings. The molecule has 6 heteroatoms. The molecule has 0 bridgehead atoms. The molecule has 0 radical (unpaired) electrons. The lowest BCUT2D eigenvalue weighted by Gasteiger charge is -2.44. The van der Waals surface area contributed by atoms with Gasteiger partial charge in [-0.25, -0.2) is 0 Å². The Balaban J connectivity index is 1.36. The molecule has 1 atom stereocenters. The van der Waals surface area contributed by atoms with Gasteiger partial charge >= 0.3 is 5.97 Å². The maximum Gasteiger partial charge on any atom is 0.306 e. The van der Waals surface area contributed by atoms with Crippen LogP contribution in [0, 0.1) is 17.8 Å². The van der Waals surface area contributed by atoms with Crippen LogP contribution in [-0.4, -0.2) is 47.0 Å². The van der Waals surface area contributed by atoms with Crippen molar-refractivity contribution < 1.29 is 9.90 Å². The first kappa shape index (κ1) is 17.1. The highest BCUT2D eigenvalue weighted by Gasteiger charge is 2.39. The minimum absolute atomic E-state index is 0.166. The first-order valence-electron chi connectivity index (χ1n) is 8.84. The van der Waals surface area contributed by atoms with Crippen LogP contribution in [0.4, 0.5) is 0 Å². The number of aliphatic carboxylic acids is 1. The number of nitrogens with zero attached hydrogens (tertiary/aromatic N) is 2. The zero-order valence-electron chi connectivity index (χ0n) is 14.3. The predicted molar refractivity (Wildman–Crippen MR) is 101 cm³/mol. The molecule has 1 aromatic carbocycles. The number of carboxylic acids is 1. The van der Waals surface area contributed by atoms with Gasteiger partial charge in [-0.2, -0.15) is 0 Å². The lowest BCUT2D eigenvalue weighted by molar-refractivity contribution is -0.147. The van der Waals surface area contributed by atoms with Crippen LogP contribution < -0.4 is 5.32 Å². The molecule has 2 aliphatic heterocycles. The Hall–Kier alpha value is -2.29. The monoisotopic (exact) mass is 369 g/mol. The van der Waals surface area contributed by atoms with Gasteiger partial charge in [0.05, 0.1) is 5.92 Å². The Bertz CT molecular complexity index is 829. The number of likely N-dealkylation sites (tertiary alicyclic amines) is 1. The summed E-state index contributed by atoms with van der Waals surface area (Å²) in [5.41, 5.74) is 3.23. The number of carbonyl (C=O) groups is 1. The van der Waals surface area contributed by atoms with E-state index in [2.05, 4.69) is 22.1 Å². The van der Waals surface area contributed by atoms with Crippen molar-refractivity contribution in [3.05, 3.63) is 46.6 Å². The quantitative estimate of drug-likeness (QED) is 0.786. The molecule has 0 aromatic heterocycles. The van der Waals surface area contributed by atoms with Gasteiger partial charge in [-0.05, 0) is 43.0 Å². The molecule has 2 fully saturated rings. The fourth-order valence-corrected chi connectivity index (χ4v) is 3.73. The molecule has 26 heavy (non-hydrogen) atoms. The number of carboxylic acid groups (broad SMARTS) is 1. The Morgan fingerprint density at radius 2 is 2.08 bits per heavy atom. The van der Waals surface area contributed by atoms with Gasteiger partial charge in [0.2, 0.25) is 0 Å². The zero-order chi connectivity index (χ0) is 18.1. The van der Waals surface area contributed by atoms with E-state index in [4.69, 9.17) is 21.7 Å². The van der Waals surface area contributed by atoms with Crippen molar-refractivity contribution in [1.82, 2.24) is 10.2 Å². The lowest BCUT2D eigenvalue weighted by atomic mass is 9.78. The van der Waals surface area contributed by atoms with Gasteiger partial charge < -0.3 is 10.4 Å². The molecule has 2 N–H and O–H groups in total. The molecule has 4 rings (SSSR count). The largest absolute Gasteiger partial charge is 0.481 e. The first-order chi connectivity index (χ1) is 12.6. The van der Waals surface area contributed by atoms with E-state index in [0.717, 1.165) is 43.6 Å². The summed E-state index contributed by atoms with van der Waals surface area (Å²) in [6, 6.07) is 7.84. The Morgan fingerprint density at radius 3 is 2.81 bits per heavy atom. The maximum absolute atomic E-state index is 11.0. The van der Waals surface area contributed by atoms with E-state index in [1.807, 2.05) is 30.5 Å². The minimum atomic E-state index is -0.666. The van der Waals surface area contributed by atoms with Gasteiger partial charge in [0, 0.05) is 53.6 Å². The van der Waals surface area contributed by atoms with E-state index >= 15 is 0 Å². The number of hydrogen-bond donors (Lipinski definition) is 2. The standard InChI is InChI=1S/C20H20ClN3O2/c21-16-4-1-13(2-5-16)3-6-19-22-11-15-12-24(8-7-18(15)23-19)17-9-14(10-17)20(25)26/h1-2,4-5,11,14,17,19,22H,7-10,12H2,(H,25,26). The van der Waals surface area contributed by atoms with Crippen molar-refractivity contribution in [3.63, 3.8) is 0 Å². The van der Waals surface area contributed by atoms with Crippen LogP contribution in [0.2, 0.25) is 5.02 Å². The minimum Gasteiger partial charge on any atom is -0.481 e. The molecule has 5 nitrogen and oxygen atoms in total. The van der Waals surface area contributed by atoms with Crippen LogP contribution >= 0.6 is 11.6 Å². The van der Waals surface area contributed by atoms with E-state index in [0.29, 0.717) is 11.1 Å². The predicted octanol–water partition coefficient (Wildman–Crippen LogP) is 2.51. The molecular weight excluding hydrogens is 350 g/mol. The van der Waals surface area contributed by atoms with E-state index < -0.39 is 5.97 Å². The van der Waals surface area contributed by atoms with Gasteiger partial charge in [0.15, 0.2) is 6.17 Å². The molecule has 1 aliphatic carbocycles. The van der Waals surface area contributed by atoms with E-state index in [9.17, 15) is 4.79 Å². The number of aliphatic imine (C=N–C) groups is 1. The highest BCUT2D eigenvalue weighted by molar-refractivity contribution is 6.30. The second-order valence-corrected chi connectivity index (χ2v) is 7.41. The highest BCUT2D eigenvalue weighted by atomic mass is 35.5. The average molecular weight is 370 g/mol. The molecule has 0 spiro atoms. The fraction of sp³-hybridized carbons (Fsp3) is 0.400. The van der Waals surface area contributed by atoms with Gasteiger partial charge in [0.1, 0.15) is 0 Å². The van der Waals surface area contributed by atoms with Crippen molar-refractivity contribution in [1.29, 1.82) is 0 Å². The van der Waals surface area contributed by atoms with Gasteiger partial charge in [-0.3, -0.25) is 14.7 Å². The molecule has 1 saturated carbocycles. The summed E-state index contributed by atoms with van der Waals surface area (Å²) in [5.74, 6) is 5.44. The third-order valence-corrected chi connectivity index (χ3v) is 5.51. The summed E-state index contributed by atoms with van der Waals surface area (Å²) in [6.07, 6.45) is 4.20. The maximum atomic E-state index is 11.0. The average Bonchev–Trinajstić information content (AvgIpc) is 2.59. The Morgan fingerprint density at radius 1 is 1.31 bits per heavy atom. The topological polar surface area (TPSA) is 64.9 Å². The summed E-state index contributed by atoms with van der Waals surface area (Å²) in [6.45, 7) is 1.77. The summed E-state index contributed by atoms with van der Waals surface area (Å²) in [5, 5.41) is 13.0. The van der Waals surface area contributed by atoms with Crippen LogP contribution in [0.5, 0.6) is 0 Å². The van der Waals surface area contributed by atoms with Crippen LogP contribution in [0.1, 0.15) is 24.8 Å². The van der Waals surface area contributed by atoms with E-state index in [-0.39, 0.29) is 12.1 Å². The molecule has 134 valence electrons. The van der Waals surface area contributed by atoms with E-state index in [1.54, 1.807) is 0 Å². The summed E-state index contributed by atoms with van der Waals surface area (Å²) < 4.78 is 0. The Kier molecular flexibility index (Phi) is 4.71. The highest BCUT2D eigenvalue weighted by Crippen LogP contribution is 2.34. The Labute approximate surface area is 157 Å². The third-order valence-electron chi connectivity index (χ3n) is 5.26. The number of fused-ring (bicyclic) bond motifs is 1. The summed E-state index contributed by atoms with van der Waals surface area (Å²) in [4.78, 5) is 18.1. The van der Waals surface area contributed by atoms with E-state index in [1.165, 1.54) is 5.57 Å². The van der Waals surface area contributed by atoms with Crippen LogP contribution in [0.15, 0.2) is 41.0 Å². The first-order valence-corrected chi connectivity index (χ1v) is 9.22. The molecule has 1 aromatic rings. The number of benzene rings is 1. The van der Waals surface area contributed by atoms with Gasteiger partial charge in [-0.15, -0.1) is 0 Å². The normalized spacial score (nSPS) is 27.7. The molecule has 0 amide bonds. The smallest absolute Gasteiger partial charge is 0.306 e. The summed E-state index contributed by atoms with van der Waals surface area (Å²) >= 11 is 5.89. The van der Waals surface area contributed by atoms with Crippen molar-refractivity contribution in [2.45, 2.75) is 31.5 Å². The number of hydrogen-bond acceptors (Lipinski definition) is 4. The number of halogens is 1. The summed E-state index contributed by atoms with van der Waals surface area (Å²) in [7, 11) is 0. The molecular formula is C20H20ClN3O2. The second kappa shape index (κ2) is 7.14. The molecule has 2 heterocycles. The van der Waals surface area contributed by atoms with Crippen molar-refractivity contribution in [3.8, 4) is 11.8 Å². The number of nitrogens with one attached hydrogen (secondary N) is 1. The van der Waals surface area contributed by atoms with Crippen molar-refractivity contribution >= 4 is 23.3 Å². The van der Waals surface area contributed by atoms with Gasteiger partial charge in [0.25, 0.3) is 0 Å². The number of piperidine rings is 1. The van der Waals surface area contributed by atoms with Crippen molar-refractivity contribution in [2.24, 2.45) is 10.9 Å². The fourth-order valence-electron chi connectivity index (χ4n) is 3.61. The number of rotatable bonds is 2. The molecule has 1 saturated heterocycles. The molecule has 1 unspecified atom stereocenters. The second-order valence-electron chi connectivity index (χ2n) is 6.97. The van der Waals surface area contributed by atoms with Crippen LogP contribution in [-0.2, 0) is 4.79 Å². The van der Waals surface area contributed by atoms with Gasteiger partial charge in [-0.1, -0.05) is 17.5 Å². The third kappa shape index (κ3) is 3.62. The van der Waals surface area contributed by atoms with Crippen LogP contribution in [0.25, 0.3) is 0 Å². The SMILES string of the molecule is O=C(O)C1CC(N2CCC3=NC(C#Cc4ccc(Cl)cc4)NC=C3C2)C1.